The quantitative estimate of drug-likeness (QED) is 0.647. The molecule has 2 heteroatoms. The molecule has 0 atom stereocenters. The highest BCUT2D eigenvalue weighted by molar-refractivity contribution is 9.10. The average molecular weight is 234 g/mol. The molecule has 0 aliphatic heterocycles. The standard InChI is InChI=1S/C9H10BrCl/c1-6-3-8(5-11)4-7(2)9(6)10/h3-4H,5H2,1-2H3. The summed E-state index contributed by atoms with van der Waals surface area (Å²) in [5.74, 6) is 0.592. The Hall–Kier alpha value is -0.0100. The molecule has 0 saturated heterocycles. The van der Waals surface area contributed by atoms with Gasteiger partial charge in [-0.05, 0) is 30.5 Å². The van der Waals surface area contributed by atoms with Crippen LogP contribution in [0, 0.1) is 13.8 Å². The second-order valence-electron chi connectivity index (χ2n) is 2.68. The van der Waals surface area contributed by atoms with Crippen LogP contribution < -0.4 is 0 Å². The molecule has 60 valence electrons. The van der Waals surface area contributed by atoms with Crippen molar-refractivity contribution in [3.05, 3.63) is 33.3 Å². The Kier molecular flexibility index (Phi) is 2.97. The number of halogens is 2. The first kappa shape index (κ1) is 9.08. The minimum Gasteiger partial charge on any atom is -0.122 e. The molecule has 0 heterocycles. The topological polar surface area (TPSA) is 0 Å². The average Bonchev–Trinajstić information content (AvgIpc) is 1.99. The number of hydrogen-bond donors (Lipinski definition) is 0. The Labute approximate surface area is 80.7 Å². The molecule has 1 rings (SSSR count). The number of alkyl halides is 1. The van der Waals surface area contributed by atoms with Gasteiger partial charge in [-0.2, -0.15) is 0 Å². The zero-order valence-electron chi connectivity index (χ0n) is 6.62. The largest absolute Gasteiger partial charge is 0.122 e. The zero-order valence-corrected chi connectivity index (χ0v) is 8.96. The molecule has 0 unspecified atom stereocenters. The predicted molar refractivity (Wildman–Crippen MR) is 53.2 cm³/mol. The third-order valence-electron chi connectivity index (χ3n) is 1.65. The highest BCUT2D eigenvalue weighted by Crippen LogP contribution is 2.22. The Bertz CT molecular complexity index is 245. The molecule has 0 N–H and O–H groups in total. The van der Waals surface area contributed by atoms with Crippen LogP contribution in [0.1, 0.15) is 16.7 Å². The van der Waals surface area contributed by atoms with Gasteiger partial charge in [-0.15, -0.1) is 11.6 Å². The fourth-order valence-corrected chi connectivity index (χ4v) is 1.50. The van der Waals surface area contributed by atoms with E-state index in [1.165, 1.54) is 21.2 Å². The van der Waals surface area contributed by atoms with Crippen LogP contribution in [0.2, 0.25) is 0 Å². The summed E-state index contributed by atoms with van der Waals surface area (Å²) in [6.07, 6.45) is 0. The summed E-state index contributed by atoms with van der Waals surface area (Å²) in [4.78, 5) is 0. The fourth-order valence-electron chi connectivity index (χ4n) is 1.11. The summed E-state index contributed by atoms with van der Waals surface area (Å²) in [5, 5.41) is 0. The number of hydrogen-bond acceptors (Lipinski definition) is 0. The Morgan fingerprint density at radius 3 is 2.09 bits per heavy atom. The Morgan fingerprint density at radius 2 is 1.73 bits per heavy atom. The molecule has 0 bridgehead atoms. The van der Waals surface area contributed by atoms with E-state index in [4.69, 9.17) is 11.6 Å². The van der Waals surface area contributed by atoms with E-state index >= 15 is 0 Å². The summed E-state index contributed by atoms with van der Waals surface area (Å²) < 4.78 is 1.19. The number of benzene rings is 1. The van der Waals surface area contributed by atoms with Gasteiger partial charge in [0.1, 0.15) is 0 Å². The van der Waals surface area contributed by atoms with Crippen molar-refractivity contribution in [1.29, 1.82) is 0 Å². The Morgan fingerprint density at radius 1 is 1.27 bits per heavy atom. The molecule has 11 heavy (non-hydrogen) atoms. The van der Waals surface area contributed by atoms with Gasteiger partial charge in [-0.1, -0.05) is 28.1 Å². The summed E-state index contributed by atoms with van der Waals surface area (Å²) in [6, 6.07) is 4.20. The van der Waals surface area contributed by atoms with Crippen molar-refractivity contribution < 1.29 is 0 Å². The molecule has 0 nitrogen and oxygen atoms in total. The summed E-state index contributed by atoms with van der Waals surface area (Å²) in [7, 11) is 0. The molecule has 1 aromatic rings. The molecule has 0 aliphatic carbocycles. The van der Waals surface area contributed by atoms with E-state index in [9.17, 15) is 0 Å². The lowest BCUT2D eigenvalue weighted by atomic mass is 10.1. The number of rotatable bonds is 1. The lowest BCUT2D eigenvalue weighted by Gasteiger charge is -2.04. The van der Waals surface area contributed by atoms with Crippen LogP contribution in [0.25, 0.3) is 0 Å². The lowest BCUT2D eigenvalue weighted by molar-refractivity contribution is 1.27. The molecular formula is C9H10BrCl. The van der Waals surface area contributed by atoms with Crippen molar-refractivity contribution in [3.8, 4) is 0 Å². The van der Waals surface area contributed by atoms with Crippen molar-refractivity contribution >= 4 is 27.5 Å². The van der Waals surface area contributed by atoms with Crippen LogP contribution in [0.5, 0.6) is 0 Å². The molecule has 0 radical (unpaired) electrons. The van der Waals surface area contributed by atoms with Crippen molar-refractivity contribution in [2.75, 3.05) is 0 Å². The third-order valence-corrected chi connectivity index (χ3v) is 3.21. The highest BCUT2D eigenvalue weighted by Gasteiger charge is 2.00. The highest BCUT2D eigenvalue weighted by atomic mass is 79.9. The third kappa shape index (κ3) is 1.97. The molecular weight excluding hydrogens is 223 g/mol. The van der Waals surface area contributed by atoms with Gasteiger partial charge >= 0.3 is 0 Å². The van der Waals surface area contributed by atoms with Gasteiger partial charge < -0.3 is 0 Å². The number of aryl methyl sites for hydroxylation is 2. The van der Waals surface area contributed by atoms with Crippen molar-refractivity contribution in [3.63, 3.8) is 0 Å². The molecule has 0 aliphatic rings. The smallest absolute Gasteiger partial charge is 0.0474 e. The predicted octanol–water partition coefficient (Wildman–Crippen LogP) is 3.80. The van der Waals surface area contributed by atoms with Gasteiger partial charge in [0.15, 0.2) is 0 Å². The molecule has 0 aromatic heterocycles. The first-order valence-electron chi connectivity index (χ1n) is 3.46. The van der Waals surface area contributed by atoms with E-state index in [2.05, 4.69) is 41.9 Å². The maximum atomic E-state index is 5.71. The molecule has 0 saturated carbocycles. The van der Waals surface area contributed by atoms with Crippen LogP contribution in [0.15, 0.2) is 16.6 Å². The van der Waals surface area contributed by atoms with Crippen LogP contribution in [0.4, 0.5) is 0 Å². The van der Waals surface area contributed by atoms with E-state index in [1.54, 1.807) is 0 Å². The van der Waals surface area contributed by atoms with Crippen molar-refractivity contribution in [2.45, 2.75) is 19.7 Å². The SMILES string of the molecule is Cc1cc(CCl)cc(C)c1Br. The van der Waals surface area contributed by atoms with Gasteiger partial charge in [0.05, 0.1) is 0 Å². The van der Waals surface area contributed by atoms with Crippen LogP contribution in [0.3, 0.4) is 0 Å². The van der Waals surface area contributed by atoms with Crippen LogP contribution in [-0.4, -0.2) is 0 Å². The maximum Gasteiger partial charge on any atom is 0.0474 e. The Balaban J connectivity index is 3.21. The second-order valence-corrected chi connectivity index (χ2v) is 3.74. The van der Waals surface area contributed by atoms with E-state index < -0.39 is 0 Å². The van der Waals surface area contributed by atoms with Crippen LogP contribution >= 0.6 is 27.5 Å². The van der Waals surface area contributed by atoms with Crippen molar-refractivity contribution in [1.82, 2.24) is 0 Å². The van der Waals surface area contributed by atoms with Gasteiger partial charge in [0.25, 0.3) is 0 Å². The van der Waals surface area contributed by atoms with Gasteiger partial charge in [-0.3, -0.25) is 0 Å². The van der Waals surface area contributed by atoms with Gasteiger partial charge in [0.2, 0.25) is 0 Å². The molecule has 0 amide bonds. The molecule has 0 spiro atoms. The lowest BCUT2D eigenvalue weighted by Crippen LogP contribution is -1.85. The maximum absolute atomic E-state index is 5.71. The minimum absolute atomic E-state index is 0.592. The molecule has 1 aromatic carbocycles. The summed E-state index contributed by atoms with van der Waals surface area (Å²) in [5.41, 5.74) is 3.69. The van der Waals surface area contributed by atoms with E-state index in [0.29, 0.717) is 5.88 Å². The fraction of sp³-hybridized carbons (Fsp3) is 0.333. The zero-order chi connectivity index (χ0) is 8.43. The summed E-state index contributed by atoms with van der Waals surface area (Å²) >= 11 is 9.21. The van der Waals surface area contributed by atoms with Gasteiger partial charge in [0, 0.05) is 10.4 Å². The summed E-state index contributed by atoms with van der Waals surface area (Å²) in [6.45, 7) is 4.15. The van der Waals surface area contributed by atoms with E-state index in [0.717, 1.165) is 0 Å². The van der Waals surface area contributed by atoms with E-state index in [-0.39, 0.29) is 0 Å². The monoisotopic (exact) mass is 232 g/mol. The minimum atomic E-state index is 0.592. The first-order valence-corrected chi connectivity index (χ1v) is 4.79. The van der Waals surface area contributed by atoms with E-state index in [1.807, 2.05) is 0 Å². The normalized spacial score (nSPS) is 10.2. The first-order chi connectivity index (χ1) is 5.15. The molecule has 0 fully saturated rings. The van der Waals surface area contributed by atoms with Gasteiger partial charge in [-0.25, -0.2) is 0 Å². The second kappa shape index (κ2) is 3.59. The van der Waals surface area contributed by atoms with Crippen LogP contribution in [-0.2, 0) is 5.88 Å². The van der Waals surface area contributed by atoms with Crippen molar-refractivity contribution in [2.24, 2.45) is 0 Å².